The maximum absolute atomic E-state index is 11.1. The summed E-state index contributed by atoms with van der Waals surface area (Å²) in [7, 11) is 0. The zero-order chi connectivity index (χ0) is 15.4. The Morgan fingerprint density at radius 2 is 1.90 bits per heavy atom. The second kappa shape index (κ2) is 6.59. The zero-order valence-electron chi connectivity index (χ0n) is 12.7. The number of aldehydes is 1. The molecule has 1 aromatic carbocycles. The number of aliphatic hydroxyl groups is 1. The molecule has 112 valence electrons. The molecule has 1 atom stereocenters. The molecular formula is C17H21NO3. The Morgan fingerprint density at radius 3 is 2.48 bits per heavy atom. The van der Waals surface area contributed by atoms with Crippen molar-refractivity contribution in [3.8, 4) is 5.75 Å². The van der Waals surface area contributed by atoms with E-state index in [4.69, 9.17) is 4.74 Å². The predicted molar refractivity (Wildman–Crippen MR) is 81.9 cm³/mol. The molecule has 1 unspecified atom stereocenters. The van der Waals surface area contributed by atoms with Gasteiger partial charge in [0.25, 0.3) is 0 Å². The average molecular weight is 287 g/mol. The van der Waals surface area contributed by atoms with Gasteiger partial charge in [0.2, 0.25) is 0 Å². The van der Waals surface area contributed by atoms with Gasteiger partial charge in [0.1, 0.15) is 12.4 Å². The maximum atomic E-state index is 11.1. The number of benzene rings is 1. The van der Waals surface area contributed by atoms with Crippen molar-refractivity contribution in [2.75, 3.05) is 6.61 Å². The highest BCUT2D eigenvalue weighted by atomic mass is 16.5. The van der Waals surface area contributed by atoms with Crippen molar-refractivity contribution in [2.45, 2.75) is 33.4 Å². The summed E-state index contributed by atoms with van der Waals surface area (Å²) in [6, 6.07) is 9.47. The van der Waals surface area contributed by atoms with Gasteiger partial charge in [0.15, 0.2) is 6.29 Å². The van der Waals surface area contributed by atoms with Crippen LogP contribution in [0.4, 0.5) is 0 Å². The SMILES string of the molecule is Cc1cccc(C)c1OCC(C)n1c(C=O)ccc1CO. The molecule has 0 aliphatic carbocycles. The molecule has 1 N–H and O–H groups in total. The van der Waals surface area contributed by atoms with Gasteiger partial charge in [-0.2, -0.15) is 0 Å². The quantitative estimate of drug-likeness (QED) is 0.831. The fourth-order valence-corrected chi connectivity index (χ4v) is 2.58. The summed E-state index contributed by atoms with van der Waals surface area (Å²) in [6.45, 7) is 6.34. The summed E-state index contributed by atoms with van der Waals surface area (Å²) in [6.07, 6.45) is 0.800. The summed E-state index contributed by atoms with van der Waals surface area (Å²) in [5, 5.41) is 9.37. The van der Waals surface area contributed by atoms with Gasteiger partial charge in [-0.05, 0) is 44.0 Å². The highest BCUT2D eigenvalue weighted by molar-refractivity contribution is 5.72. The molecule has 0 spiro atoms. The molecule has 4 nitrogen and oxygen atoms in total. The number of aryl methyl sites for hydroxylation is 2. The van der Waals surface area contributed by atoms with E-state index in [9.17, 15) is 9.90 Å². The summed E-state index contributed by atoms with van der Waals surface area (Å²) in [5.41, 5.74) is 3.45. The van der Waals surface area contributed by atoms with Crippen molar-refractivity contribution in [2.24, 2.45) is 0 Å². The molecular weight excluding hydrogens is 266 g/mol. The number of rotatable bonds is 6. The second-order valence-electron chi connectivity index (χ2n) is 5.28. The van der Waals surface area contributed by atoms with Crippen LogP contribution in [-0.2, 0) is 6.61 Å². The summed E-state index contributed by atoms with van der Waals surface area (Å²) in [4.78, 5) is 11.1. The molecule has 0 aliphatic heterocycles. The number of hydrogen-bond acceptors (Lipinski definition) is 3. The summed E-state index contributed by atoms with van der Waals surface area (Å²) in [5.74, 6) is 0.884. The first kappa shape index (κ1) is 15.3. The average Bonchev–Trinajstić information content (AvgIpc) is 2.89. The third-order valence-electron chi connectivity index (χ3n) is 3.64. The van der Waals surface area contributed by atoms with Crippen molar-refractivity contribution in [1.82, 2.24) is 4.57 Å². The molecule has 0 bridgehead atoms. The minimum absolute atomic E-state index is 0.0404. The third kappa shape index (κ3) is 3.16. The van der Waals surface area contributed by atoms with E-state index in [1.54, 1.807) is 12.1 Å². The normalized spacial score (nSPS) is 12.2. The monoisotopic (exact) mass is 287 g/mol. The van der Waals surface area contributed by atoms with Gasteiger partial charge in [0.05, 0.1) is 18.3 Å². The number of ether oxygens (including phenoxy) is 1. The van der Waals surface area contributed by atoms with E-state index in [0.717, 1.165) is 28.9 Å². The van der Waals surface area contributed by atoms with Crippen LogP contribution in [-0.4, -0.2) is 22.6 Å². The van der Waals surface area contributed by atoms with Gasteiger partial charge in [-0.25, -0.2) is 0 Å². The van der Waals surface area contributed by atoms with Crippen LogP contribution in [0.5, 0.6) is 5.75 Å². The lowest BCUT2D eigenvalue weighted by atomic mass is 10.1. The van der Waals surface area contributed by atoms with Crippen molar-refractivity contribution < 1.29 is 14.6 Å². The van der Waals surface area contributed by atoms with E-state index < -0.39 is 0 Å². The lowest BCUT2D eigenvalue weighted by molar-refractivity contribution is 0.111. The molecule has 2 rings (SSSR count). The Kier molecular flexibility index (Phi) is 4.81. The van der Waals surface area contributed by atoms with Gasteiger partial charge in [-0.15, -0.1) is 0 Å². The Bertz CT molecular complexity index is 611. The van der Waals surface area contributed by atoms with E-state index in [2.05, 4.69) is 0 Å². The van der Waals surface area contributed by atoms with Gasteiger partial charge < -0.3 is 14.4 Å². The Morgan fingerprint density at radius 1 is 1.24 bits per heavy atom. The minimum atomic E-state index is -0.0957. The minimum Gasteiger partial charge on any atom is -0.491 e. The van der Waals surface area contributed by atoms with Crippen molar-refractivity contribution in [3.63, 3.8) is 0 Å². The first-order chi connectivity index (χ1) is 10.1. The molecule has 1 aromatic heterocycles. The summed E-state index contributed by atoms with van der Waals surface area (Å²) >= 11 is 0. The first-order valence-corrected chi connectivity index (χ1v) is 7.03. The number of aromatic nitrogens is 1. The highest BCUT2D eigenvalue weighted by Gasteiger charge is 2.15. The van der Waals surface area contributed by atoms with E-state index in [1.807, 2.05) is 43.5 Å². The van der Waals surface area contributed by atoms with Gasteiger partial charge in [-0.1, -0.05) is 18.2 Å². The van der Waals surface area contributed by atoms with Crippen LogP contribution in [0.15, 0.2) is 30.3 Å². The van der Waals surface area contributed by atoms with Crippen molar-refractivity contribution in [3.05, 3.63) is 52.8 Å². The third-order valence-corrected chi connectivity index (χ3v) is 3.64. The number of hydrogen-bond donors (Lipinski definition) is 1. The van der Waals surface area contributed by atoms with Crippen LogP contribution in [0.25, 0.3) is 0 Å². The van der Waals surface area contributed by atoms with Crippen LogP contribution in [0.2, 0.25) is 0 Å². The summed E-state index contributed by atoms with van der Waals surface area (Å²) < 4.78 is 7.75. The fraction of sp³-hybridized carbons (Fsp3) is 0.353. The standard InChI is InChI=1S/C17H21NO3/c1-12-5-4-6-13(2)17(12)21-11-14(3)18-15(9-19)7-8-16(18)10-20/h4-9,14,20H,10-11H2,1-3H3. The van der Waals surface area contributed by atoms with Crippen LogP contribution < -0.4 is 4.74 Å². The lowest BCUT2D eigenvalue weighted by Gasteiger charge is -2.20. The highest BCUT2D eigenvalue weighted by Crippen LogP contribution is 2.24. The number of carbonyl (C=O) groups excluding carboxylic acids is 1. The molecule has 1 heterocycles. The Balaban J connectivity index is 2.17. The van der Waals surface area contributed by atoms with E-state index in [0.29, 0.717) is 12.3 Å². The molecule has 0 saturated heterocycles. The number of nitrogens with zero attached hydrogens (tertiary/aromatic N) is 1. The molecule has 2 aromatic rings. The fourth-order valence-electron chi connectivity index (χ4n) is 2.58. The second-order valence-corrected chi connectivity index (χ2v) is 5.28. The smallest absolute Gasteiger partial charge is 0.166 e. The molecule has 0 aliphatic rings. The molecule has 21 heavy (non-hydrogen) atoms. The van der Waals surface area contributed by atoms with Gasteiger partial charge >= 0.3 is 0 Å². The lowest BCUT2D eigenvalue weighted by Crippen LogP contribution is -2.19. The number of aliphatic hydroxyl groups excluding tert-OH is 1. The van der Waals surface area contributed by atoms with Crippen molar-refractivity contribution in [1.29, 1.82) is 0 Å². The van der Waals surface area contributed by atoms with E-state index in [1.165, 1.54) is 0 Å². The van der Waals surface area contributed by atoms with Crippen LogP contribution >= 0.6 is 0 Å². The molecule has 0 amide bonds. The van der Waals surface area contributed by atoms with Crippen LogP contribution in [0.3, 0.4) is 0 Å². The van der Waals surface area contributed by atoms with Gasteiger partial charge in [0, 0.05) is 5.69 Å². The Hall–Kier alpha value is -2.07. The van der Waals surface area contributed by atoms with E-state index >= 15 is 0 Å². The molecule has 0 saturated carbocycles. The zero-order valence-corrected chi connectivity index (χ0v) is 12.7. The molecule has 4 heteroatoms. The van der Waals surface area contributed by atoms with Crippen LogP contribution in [0.1, 0.15) is 40.3 Å². The predicted octanol–water partition coefficient (Wildman–Crippen LogP) is 3.05. The topological polar surface area (TPSA) is 51.5 Å². The van der Waals surface area contributed by atoms with Gasteiger partial charge in [-0.3, -0.25) is 4.79 Å². The van der Waals surface area contributed by atoms with Crippen molar-refractivity contribution >= 4 is 6.29 Å². The molecule has 0 radical (unpaired) electrons. The molecule has 0 fully saturated rings. The van der Waals surface area contributed by atoms with Crippen LogP contribution in [0, 0.1) is 13.8 Å². The number of carbonyl (C=O) groups is 1. The first-order valence-electron chi connectivity index (χ1n) is 7.03. The maximum Gasteiger partial charge on any atom is 0.166 e. The number of para-hydroxylation sites is 1. The largest absolute Gasteiger partial charge is 0.491 e. The Labute approximate surface area is 125 Å². The van der Waals surface area contributed by atoms with E-state index in [-0.39, 0.29) is 12.6 Å².